The van der Waals surface area contributed by atoms with E-state index in [2.05, 4.69) is 24.9 Å². The molecule has 2 rings (SSSR count). The van der Waals surface area contributed by atoms with Crippen molar-refractivity contribution in [3.8, 4) is 5.75 Å². The number of rotatable bonds is 4. The van der Waals surface area contributed by atoms with E-state index in [0.717, 1.165) is 5.75 Å². The highest BCUT2D eigenvalue weighted by molar-refractivity contribution is 6.31. The monoisotopic (exact) mass is 276 g/mol. The maximum atomic E-state index is 6.07. The molecular formula is C15H17ClN2O. The molecular weight excluding hydrogens is 260 g/mol. The summed E-state index contributed by atoms with van der Waals surface area (Å²) in [5.74, 6) is 1.71. The van der Waals surface area contributed by atoms with Gasteiger partial charge in [0.25, 0.3) is 0 Å². The van der Waals surface area contributed by atoms with Crippen molar-refractivity contribution >= 4 is 17.4 Å². The number of halogens is 1. The van der Waals surface area contributed by atoms with Gasteiger partial charge >= 0.3 is 0 Å². The van der Waals surface area contributed by atoms with Gasteiger partial charge in [0.15, 0.2) is 0 Å². The minimum absolute atomic E-state index is 0.313. The van der Waals surface area contributed by atoms with E-state index < -0.39 is 0 Å². The van der Waals surface area contributed by atoms with Gasteiger partial charge in [0, 0.05) is 0 Å². The summed E-state index contributed by atoms with van der Waals surface area (Å²) in [5, 5.41) is 0.566. The molecule has 1 heterocycles. The van der Waals surface area contributed by atoms with Gasteiger partial charge in [-0.3, -0.25) is 0 Å². The van der Waals surface area contributed by atoms with Gasteiger partial charge in [-0.25, -0.2) is 4.98 Å². The molecule has 100 valence electrons. The van der Waals surface area contributed by atoms with Crippen LogP contribution in [0.25, 0.3) is 0 Å². The average molecular weight is 277 g/mol. The molecule has 0 aliphatic carbocycles. The number of anilines is 1. The summed E-state index contributed by atoms with van der Waals surface area (Å²) < 4.78 is 5.82. The number of hydrogen-bond acceptors (Lipinski definition) is 3. The van der Waals surface area contributed by atoms with Gasteiger partial charge in [0.05, 0.1) is 10.7 Å². The van der Waals surface area contributed by atoms with Crippen LogP contribution in [0, 0.1) is 0 Å². The predicted octanol–water partition coefficient (Wildman–Crippen LogP) is 4.02. The zero-order valence-electron chi connectivity index (χ0n) is 11.1. The van der Waals surface area contributed by atoms with Crippen LogP contribution in [0.2, 0.25) is 5.02 Å². The van der Waals surface area contributed by atoms with E-state index in [1.54, 1.807) is 12.1 Å². The third-order valence-electron chi connectivity index (χ3n) is 2.85. The smallest absolute Gasteiger partial charge is 0.132 e. The van der Waals surface area contributed by atoms with E-state index in [-0.39, 0.29) is 0 Å². The Morgan fingerprint density at radius 1 is 1.21 bits per heavy atom. The Morgan fingerprint density at radius 3 is 2.68 bits per heavy atom. The topological polar surface area (TPSA) is 48.1 Å². The van der Waals surface area contributed by atoms with E-state index >= 15 is 0 Å². The Kier molecular flexibility index (Phi) is 4.27. The fourth-order valence-electron chi connectivity index (χ4n) is 1.84. The van der Waals surface area contributed by atoms with Crippen LogP contribution < -0.4 is 10.5 Å². The van der Waals surface area contributed by atoms with Crippen molar-refractivity contribution in [3.05, 3.63) is 52.7 Å². The Labute approximate surface area is 118 Å². The molecule has 1 aromatic heterocycles. The molecule has 0 atom stereocenters. The molecule has 0 unspecified atom stereocenters. The lowest BCUT2D eigenvalue weighted by molar-refractivity contribution is 0.297. The summed E-state index contributed by atoms with van der Waals surface area (Å²) in [6.45, 7) is 4.58. The number of hydrogen-bond donors (Lipinski definition) is 1. The van der Waals surface area contributed by atoms with Gasteiger partial charge in [-0.05, 0) is 29.7 Å². The van der Waals surface area contributed by atoms with E-state index in [1.807, 2.05) is 18.2 Å². The number of aromatic nitrogens is 1. The Morgan fingerprint density at radius 2 is 1.95 bits per heavy atom. The molecule has 4 heteroatoms. The Bertz CT molecular complexity index is 570. The van der Waals surface area contributed by atoms with Crippen LogP contribution in [-0.4, -0.2) is 4.98 Å². The highest BCUT2D eigenvalue weighted by atomic mass is 35.5. The summed E-state index contributed by atoms with van der Waals surface area (Å²) >= 11 is 6.07. The minimum atomic E-state index is 0.313. The number of pyridine rings is 1. The molecule has 3 nitrogen and oxygen atoms in total. The molecule has 0 bridgehead atoms. The molecule has 0 saturated carbocycles. The number of nitrogens with two attached hydrogens (primary N) is 1. The van der Waals surface area contributed by atoms with Gasteiger partial charge < -0.3 is 10.5 Å². The maximum Gasteiger partial charge on any atom is 0.132 e. The molecule has 0 aliphatic rings. The third-order valence-corrected chi connectivity index (χ3v) is 3.19. The summed E-state index contributed by atoms with van der Waals surface area (Å²) in [5.41, 5.74) is 7.47. The molecule has 0 spiro atoms. The van der Waals surface area contributed by atoms with Crippen LogP contribution in [0.4, 0.5) is 5.82 Å². The van der Waals surface area contributed by atoms with Crippen LogP contribution in [0.3, 0.4) is 0 Å². The quantitative estimate of drug-likeness (QED) is 0.917. The molecule has 0 fully saturated rings. The normalized spacial score (nSPS) is 10.7. The fraction of sp³-hybridized carbons (Fsp3) is 0.267. The van der Waals surface area contributed by atoms with Gasteiger partial charge in [-0.2, -0.15) is 0 Å². The van der Waals surface area contributed by atoms with E-state index in [4.69, 9.17) is 22.1 Å². The van der Waals surface area contributed by atoms with Gasteiger partial charge in [-0.15, -0.1) is 0 Å². The largest absolute Gasteiger partial charge is 0.487 e. The van der Waals surface area contributed by atoms with Crippen LogP contribution in [0.1, 0.15) is 31.0 Å². The molecule has 0 radical (unpaired) electrons. The molecule has 0 amide bonds. The summed E-state index contributed by atoms with van der Waals surface area (Å²) in [4.78, 5) is 4.18. The second-order valence-corrected chi connectivity index (χ2v) is 5.05. The zero-order valence-corrected chi connectivity index (χ0v) is 11.8. The molecule has 0 saturated heterocycles. The summed E-state index contributed by atoms with van der Waals surface area (Å²) in [7, 11) is 0. The highest BCUT2D eigenvalue weighted by Gasteiger charge is 2.09. The van der Waals surface area contributed by atoms with Gasteiger partial charge in [0.1, 0.15) is 18.2 Å². The fourth-order valence-corrected chi connectivity index (χ4v) is 2.00. The number of nitrogen functional groups attached to an aromatic ring is 1. The zero-order chi connectivity index (χ0) is 13.8. The Hall–Kier alpha value is -1.74. The Balaban J connectivity index is 2.17. The molecule has 19 heavy (non-hydrogen) atoms. The predicted molar refractivity (Wildman–Crippen MR) is 78.5 cm³/mol. The van der Waals surface area contributed by atoms with Crippen molar-refractivity contribution < 1.29 is 4.74 Å². The summed E-state index contributed by atoms with van der Waals surface area (Å²) in [6.07, 6.45) is 0. The van der Waals surface area contributed by atoms with Gasteiger partial charge in [-0.1, -0.05) is 43.6 Å². The lowest BCUT2D eigenvalue weighted by Gasteiger charge is -2.14. The van der Waals surface area contributed by atoms with E-state index in [9.17, 15) is 0 Å². The van der Waals surface area contributed by atoms with Crippen molar-refractivity contribution in [2.45, 2.75) is 26.4 Å². The highest BCUT2D eigenvalue weighted by Crippen LogP contribution is 2.27. The average Bonchev–Trinajstić information content (AvgIpc) is 2.40. The lowest BCUT2D eigenvalue weighted by atomic mass is 10.0. The first-order chi connectivity index (χ1) is 9.08. The van der Waals surface area contributed by atoms with Crippen molar-refractivity contribution in [1.29, 1.82) is 0 Å². The first-order valence-electron chi connectivity index (χ1n) is 6.20. The number of para-hydroxylation sites is 1. The first-order valence-corrected chi connectivity index (χ1v) is 6.58. The van der Waals surface area contributed by atoms with Crippen molar-refractivity contribution in [2.75, 3.05) is 5.73 Å². The summed E-state index contributed by atoms with van der Waals surface area (Å²) in [6, 6.07) is 11.4. The van der Waals surface area contributed by atoms with E-state index in [0.29, 0.717) is 29.1 Å². The van der Waals surface area contributed by atoms with Crippen molar-refractivity contribution in [2.24, 2.45) is 0 Å². The van der Waals surface area contributed by atoms with Crippen LogP contribution in [0.5, 0.6) is 5.75 Å². The second kappa shape index (κ2) is 5.93. The molecule has 1 aromatic carbocycles. The SMILES string of the molecule is CC(C)c1ccccc1OCc1nc(N)ccc1Cl. The van der Waals surface area contributed by atoms with E-state index in [1.165, 1.54) is 5.56 Å². The standard InChI is InChI=1S/C15H17ClN2O/c1-10(2)11-5-3-4-6-14(11)19-9-13-12(16)7-8-15(17)18-13/h3-8,10H,9H2,1-2H3,(H2,17,18). The number of ether oxygens (including phenoxy) is 1. The van der Waals surface area contributed by atoms with Crippen molar-refractivity contribution in [1.82, 2.24) is 4.98 Å². The third kappa shape index (κ3) is 3.38. The molecule has 2 N–H and O–H groups in total. The molecule has 0 aliphatic heterocycles. The van der Waals surface area contributed by atoms with Crippen LogP contribution >= 0.6 is 11.6 Å². The van der Waals surface area contributed by atoms with Crippen LogP contribution in [-0.2, 0) is 6.61 Å². The maximum absolute atomic E-state index is 6.07. The van der Waals surface area contributed by atoms with Gasteiger partial charge in [0.2, 0.25) is 0 Å². The van der Waals surface area contributed by atoms with Crippen LogP contribution in [0.15, 0.2) is 36.4 Å². The van der Waals surface area contributed by atoms with Crippen molar-refractivity contribution in [3.63, 3.8) is 0 Å². The number of benzene rings is 1. The minimum Gasteiger partial charge on any atom is -0.487 e. The second-order valence-electron chi connectivity index (χ2n) is 4.65. The lowest BCUT2D eigenvalue weighted by Crippen LogP contribution is -2.03. The number of nitrogens with zero attached hydrogens (tertiary/aromatic N) is 1. The molecule has 2 aromatic rings. The first kappa shape index (κ1) is 13.7.